The van der Waals surface area contributed by atoms with Crippen LogP contribution in [0.3, 0.4) is 0 Å². The second kappa shape index (κ2) is 5.12. The molecule has 0 amide bonds. The van der Waals surface area contributed by atoms with E-state index in [1.54, 1.807) is 20.3 Å². The van der Waals surface area contributed by atoms with Gasteiger partial charge in [0, 0.05) is 20.6 Å². The molecule has 1 aliphatic rings. The molecule has 0 bridgehead atoms. The zero-order valence-electron chi connectivity index (χ0n) is 8.03. The summed E-state index contributed by atoms with van der Waals surface area (Å²) in [6, 6.07) is -0.0334. The van der Waals surface area contributed by atoms with E-state index in [4.69, 9.17) is 9.47 Å². The molecule has 13 heavy (non-hydrogen) atoms. The normalized spacial score (nSPS) is 33.8. The fourth-order valence-corrected chi connectivity index (χ4v) is 1.76. The average molecular weight is 185 g/mol. The molecule has 74 valence electrons. The van der Waals surface area contributed by atoms with Gasteiger partial charge in [-0.05, 0) is 12.8 Å². The van der Waals surface area contributed by atoms with E-state index in [0.717, 1.165) is 19.3 Å². The summed E-state index contributed by atoms with van der Waals surface area (Å²) in [6.45, 7) is 0. The minimum Gasteiger partial charge on any atom is -0.381 e. The molecule has 0 aromatic rings. The summed E-state index contributed by atoms with van der Waals surface area (Å²) in [5, 5.41) is 0. The number of hydrogen-bond donors (Lipinski definition) is 0. The maximum Gasteiger partial charge on any atom is 0.235 e. The number of methoxy groups -OCH3 is 2. The van der Waals surface area contributed by atoms with E-state index in [2.05, 4.69) is 4.99 Å². The molecule has 4 nitrogen and oxygen atoms in total. The van der Waals surface area contributed by atoms with Crippen LogP contribution in [0.25, 0.3) is 0 Å². The summed E-state index contributed by atoms with van der Waals surface area (Å²) in [4.78, 5) is 13.8. The van der Waals surface area contributed by atoms with Gasteiger partial charge < -0.3 is 9.47 Å². The van der Waals surface area contributed by atoms with E-state index in [1.165, 1.54) is 0 Å². The van der Waals surface area contributed by atoms with Gasteiger partial charge in [0.05, 0.1) is 18.2 Å². The first-order valence-corrected chi connectivity index (χ1v) is 4.44. The first kappa shape index (κ1) is 10.4. The van der Waals surface area contributed by atoms with Crippen molar-refractivity contribution in [3.8, 4) is 0 Å². The lowest BCUT2D eigenvalue weighted by Crippen LogP contribution is -2.37. The lowest BCUT2D eigenvalue weighted by molar-refractivity contribution is -0.0191. The van der Waals surface area contributed by atoms with Gasteiger partial charge in [-0.3, -0.25) is 0 Å². The summed E-state index contributed by atoms with van der Waals surface area (Å²) in [5.74, 6) is 0. The molecule has 1 saturated carbocycles. The maximum absolute atomic E-state index is 10.1. The minimum absolute atomic E-state index is 0.000139. The minimum atomic E-state index is -0.0334. The van der Waals surface area contributed by atoms with Crippen molar-refractivity contribution in [2.24, 2.45) is 4.99 Å². The van der Waals surface area contributed by atoms with Crippen molar-refractivity contribution in [2.75, 3.05) is 14.2 Å². The van der Waals surface area contributed by atoms with Gasteiger partial charge in [-0.1, -0.05) is 0 Å². The number of carbonyl (C=O) groups excluding carboxylic acids is 1. The SMILES string of the molecule is COC1CCC(N=C=O)C(OC)C1. The van der Waals surface area contributed by atoms with Gasteiger partial charge in [0.25, 0.3) is 0 Å². The summed E-state index contributed by atoms with van der Waals surface area (Å²) < 4.78 is 10.5. The fourth-order valence-electron chi connectivity index (χ4n) is 1.76. The van der Waals surface area contributed by atoms with Crippen LogP contribution in [-0.2, 0) is 14.3 Å². The van der Waals surface area contributed by atoms with Crippen molar-refractivity contribution in [1.82, 2.24) is 0 Å². The quantitative estimate of drug-likeness (QED) is 0.485. The average Bonchev–Trinajstić information content (AvgIpc) is 2.19. The third kappa shape index (κ3) is 2.62. The Morgan fingerprint density at radius 2 is 2.08 bits per heavy atom. The summed E-state index contributed by atoms with van der Waals surface area (Å²) in [7, 11) is 3.33. The molecule has 3 unspecified atom stereocenters. The number of nitrogens with zero attached hydrogens (tertiary/aromatic N) is 1. The highest BCUT2D eigenvalue weighted by Crippen LogP contribution is 2.25. The standard InChI is InChI=1S/C9H15NO3/c1-12-7-3-4-8(10-6-11)9(5-7)13-2/h7-9H,3-5H2,1-2H3. The molecule has 0 aromatic heterocycles. The summed E-state index contributed by atoms with van der Waals surface area (Å²) in [5.41, 5.74) is 0. The summed E-state index contributed by atoms with van der Waals surface area (Å²) in [6.07, 6.45) is 4.41. The second-order valence-electron chi connectivity index (χ2n) is 3.23. The van der Waals surface area contributed by atoms with E-state index in [-0.39, 0.29) is 18.2 Å². The topological polar surface area (TPSA) is 47.9 Å². The van der Waals surface area contributed by atoms with Crippen molar-refractivity contribution in [3.63, 3.8) is 0 Å². The number of isocyanates is 1. The van der Waals surface area contributed by atoms with Crippen LogP contribution in [0, 0.1) is 0 Å². The van der Waals surface area contributed by atoms with Crippen LogP contribution in [0.5, 0.6) is 0 Å². The van der Waals surface area contributed by atoms with Crippen LogP contribution in [0.2, 0.25) is 0 Å². The Morgan fingerprint density at radius 1 is 1.31 bits per heavy atom. The first-order chi connectivity index (χ1) is 6.31. The van der Waals surface area contributed by atoms with E-state index in [9.17, 15) is 4.79 Å². The van der Waals surface area contributed by atoms with Gasteiger partial charge in [0.15, 0.2) is 0 Å². The smallest absolute Gasteiger partial charge is 0.235 e. The van der Waals surface area contributed by atoms with E-state index < -0.39 is 0 Å². The van der Waals surface area contributed by atoms with E-state index in [0.29, 0.717) is 0 Å². The lowest BCUT2D eigenvalue weighted by atomic mass is 9.90. The highest BCUT2D eigenvalue weighted by Gasteiger charge is 2.30. The van der Waals surface area contributed by atoms with Crippen LogP contribution in [0.4, 0.5) is 0 Å². The molecule has 0 radical (unpaired) electrons. The van der Waals surface area contributed by atoms with Gasteiger partial charge in [-0.15, -0.1) is 0 Å². The Hall–Kier alpha value is -0.700. The van der Waals surface area contributed by atoms with Crippen LogP contribution in [-0.4, -0.2) is 38.5 Å². The molecule has 0 spiro atoms. The Morgan fingerprint density at radius 3 is 2.62 bits per heavy atom. The van der Waals surface area contributed by atoms with Gasteiger partial charge in [-0.25, -0.2) is 4.79 Å². The maximum atomic E-state index is 10.1. The molecular formula is C9H15NO3. The summed E-state index contributed by atoms with van der Waals surface area (Å²) >= 11 is 0. The molecule has 0 aromatic carbocycles. The number of ether oxygens (including phenoxy) is 2. The van der Waals surface area contributed by atoms with Crippen molar-refractivity contribution < 1.29 is 14.3 Å². The van der Waals surface area contributed by atoms with Gasteiger partial charge in [-0.2, -0.15) is 4.99 Å². The van der Waals surface area contributed by atoms with E-state index in [1.807, 2.05) is 0 Å². The van der Waals surface area contributed by atoms with Gasteiger partial charge in [0.1, 0.15) is 0 Å². The number of hydrogen-bond acceptors (Lipinski definition) is 4. The highest BCUT2D eigenvalue weighted by molar-refractivity contribution is 5.33. The molecule has 1 aliphatic carbocycles. The van der Waals surface area contributed by atoms with Gasteiger partial charge in [0.2, 0.25) is 6.08 Å². The second-order valence-corrected chi connectivity index (χ2v) is 3.23. The van der Waals surface area contributed by atoms with Crippen molar-refractivity contribution in [2.45, 2.75) is 37.5 Å². The predicted molar refractivity (Wildman–Crippen MR) is 47.4 cm³/mol. The molecule has 0 N–H and O–H groups in total. The molecule has 0 saturated heterocycles. The monoisotopic (exact) mass is 185 g/mol. The first-order valence-electron chi connectivity index (χ1n) is 4.44. The molecule has 4 heteroatoms. The van der Waals surface area contributed by atoms with Crippen LogP contribution in [0.1, 0.15) is 19.3 Å². The third-order valence-corrected chi connectivity index (χ3v) is 2.56. The highest BCUT2D eigenvalue weighted by atomic mass is 16.5. The Labute approximate surface area is 77.9 Å². The Kier molecular flexibility index (Phi) is 4.09. The van der Waals surface area contributed by atoms with Crippen molar-refractivity contribution in [3.05, 3.63) is 0 Å². The van der Waals surface area contributed by atoms with Crippen molar-refractivity contribution in [1.29, 1.82) is 0 Å². The van der Waals surface area contributed by atoms with E-state index >= 15 is 0 Å². The predicted octanol–water partition coefficient (Wildman–Crippen LogP) is 0.905. The molecule has 3 atom stereocenters. The Bertz CT molecular complexity index is 201. The fraction of sp³-hybridized carbons (Fsp3) is 0.889. The molecular weight excluding hydrogens is 170 g/mol. The largest absolute Gasteiger partial charge is 0.381 e. The van der Waals surface area contributed by atoms with Gasteiger partial charge >= 0.3 is 0 Å². The number of aliphatic imine (C=N–C) groups is 1. The Balaban J connectivity index is 2.54. The van der Waals surface area contributed by atoms with Crippen LogP contribution in [0.15, 0.2) is 4.99 Å². The third-order valence-electron chi connectivity index (χ3n) is 2.56. The lowest BCUT2D eigenvalue weighted by Gasteiger charge is -2.31. The molecule has 0 aliphatic heterocycles. The molecule has 1 fully saturated rings. The zero-order valence-corrected chi connectivity index (χ0v) is 8.03. The van der Waals surface area contributed by atoms with Crippen LogP contribution < -0.4 is 0 Å². The zero-order chi connectivity index (χ0) is 9.68. The van der Waals surface area contributed by atoms with Crippen molar-refractivity contribution >= 4 is 6.08 Å². The number of rotatable bonds is 3. The molecule has 1 rings (SSSR count). The molecule has 0 heterocycles. The van der Waals surface area contributed by atoms with Crippen LogP contribution >= 0.6 is 0 Å².